The molecule has 5 nitrogen and oxygen atoms in total. The fraction of sp³-hybridized carbons (Fsp3) is 0.417. The number of sulfonamides is 1. The van der Waals surface area contributed by atoms with Crippen molar-refractivity contribution in [1.29, 1.82) is 0 Å². The van der Waals surface area contributed by atoms with Crippen LogP contribution in [0, 0.1) is 6.92 Å². The molecule has 0 heterocycles. The topological polar surface area (TPSA) is 63.7 Å². The van der Waals surface area contributed by atoms with Crippen LogP contribution in [-0.2, 0) is 19.6 Å². The molecule has 0 fully saturated rings. The normalized spacial score (nSPS) is 11.6. The Kier molecular flexibility index (Phi) is 5.34. The van der Waals surface area contributed by atoms with Gasteiger partial charge in [0.25, 0.3) is 0 Å². The lowest BCUT2D eigenvalue weighted by atomic mass is 10.2. The molecule has 0 radical (unpaired) electrons. The van der Waals surface area contributed by atoms with Gasteiger partial charge in [0.05, 0.1) is 12.1 Å². The van der Waals surface area contributed by atoms with Gasteiger partial charge in [-0.05, 0) is 24.6 Å². The number of hydrogen-bond donors (Lipinski definition) is 0. The summed E-state index contributed by atoms with van der Waals surface area (Å²) in [6, 6.07) is 4.66. The van der Waals surface area contributed by atoms with Gasteiger partial charge in [0.1, 0.15) is 11.4 Å². The number of aryl methyl sites for hydroxylation is 1. The smallest absolute Gasteiger partial charge is 0.321 e. The van der Waals surface area contributed by atoms with Gasteiger partial charge in [-0.1, -0.05) is 24.6 Å². The maximum absolute atomic E-state index is 12.4. The van der Waals surface area contributed by atoms with Gasteiger partial charge >= 0.3 is 5.97 Å². The minimum absolute atomic E-state index is 0.00878. The highest BCUT2D eigenvalue weighted by atomic mass is 35.5. The first-order chi connectivity index (χ1) is 8.82. The van der Waals surface area contributed by atoms with E-state index in [9.17, 15) is 13.2 Å². The van der Waals surface area contributed by atoms with Gasteiger partial charge < -0.3 is 4.74 Å². The molecule has 0 aromatic heterocycles. The van der Waals surface area contributed by atoms with Crippen molar-refractivity contribution in [1.82, 2.24) is 4.31 Å². The summed E-state index contributed by atoms with van der Waals surface area (Å²) >= 11 is 5.96. The lowest BCUT2D eigenvalue weighted by Gasteiger charge is -2.19. The maximum atomic E-state index is 12.4. The zero-order valence-electron chi connectivity index (χ0n) is 11.0. The number of carbonyl (C=O) groups is 1. The third kappa shape index (κ3) is 3.68. The molecule has 106 valence electrons. The second-order valence-corrected chi connectivity index (χ2v) is 6.25. The van der Waals surface area contributed by atoms with Gasteiger partial charge in [0, 0.05) is 6.54 Å². The summed E-state index contributed by atoms with van der Waals surface area (Å²) in [5.41, 5.74) is 0.861. The average Bonchev–Trinajstić information content (AvgIpc) is 2.34. The van der Waals surface area contributed by atoms with Crippen LogP contribution >= 0.6 is 11.6 Å². The van der Waals surface area contributed by atoms with Gasteiger partial charge in [0.15, 0.2) is 0 Å². The highest BCUT2D eigenvalue weighted by Gasteiger charge is 2.27. The van der Waals surface area contributed by atoms with Crippen LogP contribution in [0.25, 0.3) is 0 Å². The fourth-order valence-corrected chi connectivity index (χ4v) is 3.50. The first-order valence-corrected chi connectivity index (χ1v) is 7.47. The predicted octanol–water partition coefficient (Wildman–Crippen LogP) is 1.83. The molecule has 0 spiro atoms. The lowest BCUT2D eigenvalue weighted by molar-refractivity contribution is -0.140. The van der Waals surface area contributed by atoms with E-state index in [1.54, 1.807) is 19.1 Å². The summed E-state index contributed by atoms with van der Waals surface area (Å²) in [5, 5.41) is 0.142. The van der Waals surface area contributed by atoms with Crippen molar-refractivity contribution in [3.8, 4) is 0 Å². The Bertz CT molecular complexity index is 571. The van der Waals surface area contributed by atoms with Gasteiger partial charge in [-0.15, -0.1) is 0 Å². The van der Waals surface area contributed by atoms with E-state index < -0.39 is 16.0 Å². The third-order valence-electron chi connectivity index (χ3n) is 2.59. The highest BCUT2D eigenvalue weighted by Crippen LogP contribution is 2.25. The molecule has 0 unspecified atom stereocenters. The number of methoxy groups -OCH3 is 1. The van der Waals surface area contributed by atoms with Crippen molar-refractivity contribution in [2.75, 3.05) is 20.2 Å². The van der Waals surface area contributed by atoms with E-state index in [1.807, 2.05) is 6.92 Å². The van der Waals surface area contributed by atoms with Crippen molar-refractivity contribution in [2.24, 2.45) is 0 Å². The van der Waals surface area contributed by atoms with Crippen LogP contribution in [0.15, 0.2) is 23.1 Å². The molecule has 7 heteroatoms. The molecule has 0 atom stereocenters. The van der Waals surface area contributed by atoms with E-state index in [0.29, 0.717) is 0 Å². The SMILES string of the molecule is CCN(CC(=O)OC)S(=O)(=O)c1ccc(C)cc1Cl. The molecule has 1 aromatic carbocycles. The third-order valence-corrected chi connectivity index (χ3v) is 4.99. The van der Waals surface area contributed by atoms with Crippen LogP contribution in [0.1, 0.15) is 12.5 Å². The Balaban J connectivity index is 3.17. The lowest BCUT2D eigenvalue weighted by Crippen LogP contribution is -2.36. The Morgan fingerprint density at radius 3 is 2.53 bits per heavy atom. The number of esters is 1. The van der Waals surface area contributed by atoms with Crippen molar-refractivity contribution >= 4 is 27.6 Å². The molecule has 0 bridgehead atoms. The van der Waals surface area contributed by atoms with Gasteiger partial charge in [-0.25, -0.2) is 8.42 Å². The largest absolute Gasteiger partial charge is 0.468 e. The number of ether oxygens (including phenoxy) is 1. The zero-order valence-corrected chi connectivity index (χ0v) is 12.6. The Hall–Kier alpha value is -1.11. The summed E-state index contributed by atoms with van der Waals surface area (Å²) in [6.45, 7) is 3.28. The second kappa shape index (κ2) is 6.36. The van der Waals surface area contributed by atoms with Crippen LogP contribution in [0.5, 0.6) is 0 Å². The monoisotopic (exact) mass is 305 g/mol. The van der Waals surface area contributed by atoms with E-state index in [2.05, 4.69) is 4.74 Å². The zero-order chi connectivity index (χ0) is 14.6. The van der Waals surface area contributed by atoms with Crippen molar-refractivity contribution in [3.05, 3.63) is 28.8 Å². The molecule has 19 heavy (non-hydrogen) atoms. The summed E-state index contributed by atoms with van der Waals surface area (Å²) in [7, 11) is -2.59. The predicted molar refractivity (Wildman–Crippen MR) is 72.6 cm³/mol. The maximum Gasteiger partial charge on any atom is 0.321 e. The summed E-state index contributed by atoms with van der Waals surface area (Å²) in [4.78, 5) is 11.2. The summed E-state index contributed by atoms with van der Waals surface area (Å²) in [5.74, 6) is -0.617. The molecule has 0 aliphatic carbocycles. The van der Waals surface area contributed by atoms with Crippen molar-refractivity contribution in [2.45, 2.75) is 18.7 Å². The number of carbonyl (C=O) groups excluding carboxylic acids is 1. The van der Waals surface area contributed by atoms with Crippen LogP contribution in [0.4, 0.5) is 0 Å². The Morgan fingerprint density at radius 1 is 1.42 bits per heavy atom. The number of likely N-dealkylation sites (N-methyl/N-ethyl adjacent to an activating group) is 1. The van der Waals surface area contributed by atoms with E-state index in [1.165, 1.54) is 13.2 Å². The molecular formula is C12H16ClNO4S. The van der Waals surface area contributed by atoms with Gasteiger partial charge in [0.2, 0.25) is 10.0 Å². The summed E-state index contributed by atoms with van der Waals surface area (Å²) < 4.78 is 30.3. The fourth-order valence-electron chi connectivity index (χ4n) is 1.53. The minimum atomic E-state index is -3.80. The van der Waals surface area contributed by atoms with E-state index in [4.69, 9.17) is 11.6 Å². The molecule has 1 aromatic rings. The van der Waals surface area contributed by atoms with E-state index >= 15 is 0 Å². The quantitative estimate of drug-likeness (QED) is 0.779. The average molecular weight is 306 g/mol. The molecular weight excluding hydrogens is 290 g/mol. The van der Waals surface area contributed by atoms with Crippen molar-refractivity contribution < 1.29 is 17.9 Å². The number of halogens is 1. The van der Waals surface area contributed by atoms with Crippen LogP contribution in [0.2, 0.25) is 5.02 Å². The highest BCUT2D eigenvalue weighted by molar-refractivity contribution is 7.89. The van der Waals surface area contributed by atoms with Gasteiger partial charge in [-0.2, -0.15) is 4.31 Å². The minimum Gasteiger partial charge on any atom is -0.468 e. The standard InChI is InChI=1S/C12H16ClNO4S/c1-4-14(8-12(15)18-3)19(16,17)11-6-5-9(2)7-10(11)13/h5-7H,4,8H2,1-3H3. The Morgan fingerprint density at radius 2 is 2.05 bits per heavy atom. The summed E-state index contributed by atoms with van der Waals surface area (Å²) in [6.07, 6.45) is 0. The number of benzene rings is 1. The first kappa shape index (κ1) is 15.9. The van der Waals surface area contributed by atoms with Crippen LogP contribution in [-0.4, -0.2) is 38.9 Å². The second-order valence-electron chi connectivity index (χ2n) is 3.94. The molecule has 0 saturated carbocycles. The number of rotatable bonds is 5. The number of nitrogens with zero attached hydrogens (tertiary/aromatic N) is 1. The molecule has 1 rings (SSSR count). The molecule has 0 amide bonds. The van der Waals surface area contributed by atoms with Crippen LogP contribution in [0.3, 0.4) is 0 Å². The molecule has 0 aliphatic heterocycles. The first-order valence-electron chi connectivity index (χ1n) is 5.66. The van der Waals surface area contributed by atoms with Crippen LogP contribution < -0.4 is 0 Å². The van der Waals surface area contributed by atoms with E-state index in [0.717, 1.165) is 9.87 Å². The number of hydrogen-bond acceptors (Lipinski definition) is 4. The van der Waals surface area contributed by atoms with E-state index in [-0.39, 0.29) is 23.0 Å². The Labute approximate surface area is 118 Å². The molecule has 0 N–H and O–H groups in total. The van der Waals surface area contributed by atoms with Gasteiger partial charge in [-0.3, -0.25) is 4.79 Å². The van der Waals surface area contributed by atoms with Crippen molar-refractivity contribution in [3.63, 3.8) is 0 Å². The molecule has 0 aliphatic rings. The molecule has 0 saturated heterocycles.